The zero-order chi connectivity index (χ0) is 16.7. The van der Waals surface area contributed by atoms with Gasteiger partial charge in [-0.2, -0.15) is 13.1 Å². The first-order valence-corrected chi connectivity index (χ1v) is 10.9. The number of nitrogens with one attached hydrogen (secondary N) is 1. The zero-order valence-corrected chi connectivity index (χ0v) is 15.4. The minimum Gasteiger partial charge on any atom is -0.357 e. The van der Waals surface area contributed by atoms with Crippen LogP contribution in [0.3, 0.4) is 0 Å². The first-order valence-electron chi connectivity index (χ1n) is 6.85. The van der Waals surface area contributed by atoms with Gasteiger partial charge in [0.2, 0.25) is 0 Å². The molecule has 0 fully saturated rings. The predicted octanol–water partition coefficient (Wildman–Crippen LogP) is 2.61. The predicted molar refractivity (Wildman–Crippen MR) is 97.7 cm³/mol. The van der Waals surface area contributed by atoms with Crippen molar-refractivity contribution in [1.29, 1.82) is 0 Å². The number of aromatic amines is 1. The molecule has 4 aromatic rings. The Bertz CT molecular complexity index is 946. The number of nitrogens with zero attached hydrogens (tertiary/aromatic N) is 8. The molecule has 124 valence electrons. The highest BCUT2D eigenvalue weighted by Crippen LogP contribution is 2.67. The lowest BCUT2D eigenvalue weighted by atomic mass is 10.5. The second-order valence-electron chi connectivity index (χ2n) is 4.75. The molecule has 5 heterocycles. The van der Waals surface area contributed by atoms with Crippen LogP contribution in [0.25, 0.3) is 0 Å². The zero-order valence-electron chi connectivity index (χ0n) is 12.2. The summed E-state index contributed by atoms with van der Waals surface area (Å²) in [7, 11) is -2.09. The molecule has 25 heavy (non-hydrogen) atoms. The third-order valence-electron chi connectivity index (χ3n) is 3.50. The lowest BCUT2D eigenvalue weighted by Crippen LogP contribution is -2.22. The Hall–Kier alpha value is -2.35. The summed E-state index contributed by atoms with van der Waals surface area (Å²) in [6, 6.07) is 3.93. The number of hydrogen-bond acceptors (Lipinski definition) is 11. The summed E-state index contributed by atoms with van der Waals surface area (Å²) in [5.41, 5.74) is 2.36. The van der Waals surface area contributed by atoms with Gasteiger partial charge < -0.3 is 4.98 Å². The maximum Gasteiger partial charge on any atom is 0.199 e. The van der Waals surface area contributed by atoms with E-state index in [0.29, 0.717) is 21.6 Å². The van der Waals surface area contributed by atoms with E-state index in [1.807, 2.05) is 23.7 Å². The van der Waals surface area contributed by atoms with Gasteiger partial charge in [-0.1, -0.05) is 14.5 Å². The maximum atomic E-state index is 4.47. The molecule has 1 unspecified atom stereocenters. The van der Waals surface area contributed by atoms with Crippen LogP contribution in [-0.4, -0.2) is 42.8 Å². The van der Waals surface area contributed by atoms with Crippen molar-refractivity contribution in [2.45, 2.75) is 10.1 Å². The molecule has 4 aromatic heterocycles. The van der Waals surface area contributed by atoms with Crippen molar-refractivity contribution in [3.05, 3.63) is 46.9 Å². The monoisotopic (exact) mass is 405 g/mol. The minimum absolute atomic E-state index is 0.546. The van der Waals surface area contributed by atoms with Gasteiger partial charge in [-0.15, -0.1) is 15.3 Å². The molecule has 1 atom stereocenters. The number of aromatic nitrogens is 7. The van der Waals surface area contributed by atoms with Gasteiger partial charge in [0.15, 0.2) is 10.9 Å². The molecule has 5 rings (SSSR count). The number of rotatable bonds is 4. The van der Waals surface area contributed by atoms with Gasteiger partial charge in [0.25, 0.3) is 0 Å². The summed E-state index contributed by atoms with van der Waals surface area (Å²) in [6.07, 6.45) is 3.56. The van der Waals surface area contributed by atoms with Gasteiger partial charge in [-0.05, 0) is 35.2 Å². The summed E-state index contributed by atoms with van der Waals surface area (Å²) in [5.74, 6) is 0.546. The molecule has 0 radical (unpaired) electrons. The Morgan fingerprint density at radius 1 is 1.08 bits per heavy atom. The highest BCUT2D eigenvalue weighted by molar-refractivity contribution is 8.56. The third kappa shape index (κ3) is 2.13. The van der Waals surface area contributed by atoms with Gasteiger partial charge in [0.1, 0.15) is 21.3 Å². The first-order chi connectivity index (χ1) is 12.4. The van der Waals surface area contributed by atoms with Crippen LogP contribution in [0.15, 0.2) is 55.7 Å². The molecule has 0 spiro atoms. The smallest absolute Gasteiger partial charge is 0.199 e. The second kappa shape index (κ2) is 5.87. The summed E-state index contributed by atoms with van der Waals surface area (Å²) in [4.78, 5) is 7.67. The molecular formula is C12H7N9S4. The van der Waals surface area contributed by atoms with Crippen molar-refractivity contribution in [3.63, 3.8) is 0 Å². The summed E-state index contributed by atoms with van der Waals surface area (Å²) in [6.45, 7) is 0. The normalized spacial score (nSPS) is 22.4. The molecule has 9 nitrogen and oxygen atoms in total. The van der Waals surface area contributed by atoms with Crippen molar-refractivity contribution in [3.8, 4) is 0 Å². The van der Waals surface area contributed by atoms with Crippen LogP contribution in [0.4, 0.5) is 0 Å². The van der Waals surface area contributed by atoms with Crippen LogP contribution in [0.1, 0.15) is 11.5 Å². The quantitative estimate of drug-likeness (QED) is 0.557. The Balaban J connectivity index is 1.84. The van der Waals surface area contributed by atoms with Gasteiger partial charge >= 0.3 is 0 Å². The van der Waals surface area contributed by atoms with Gasteiger partial charge in [-0.25, -0.2) is 4.98 Å². The third-order valence-corrected chi connectivity index (χ3v) is 8.56. The van der Waals surface area contributed by atoms with E-state index in [4.69, 9.17) is 0 Å². The topological polar surface area (TPSA) is 118 Å². The Labute approximate surface area is 154 Å². The number of hydrogen-bond donors (Lipinski definition) is 1. The van der Waals surface area contributed by atoms with Crippen molar-refractivity contribution in [2.75, 3.05) is 0 Å². The molecule has 1 aliphatic heterocycles. The van der Waals surface area contributed by atoms with Crippen LogP contribution in [-0.2, 0) is 0 Å². The lowest BCUT2D eigenvalue weighted by Gasteiger charge is -2.32. The molecule has 13 heteroatoms. The fourth-order valence-corrected chi connectivity index (χ4v) is 7.59. The summed E-state index contributed by atoms with van der Waals surface area (Å²) in [5, 5.41) is 18.3. The lowest BCUT2D eigenvalue weighted by molar-refractivity contribution is 1.02. The molecule has 0 aromatic carbocycles. The van der Waals surface area contributed by atoms with E-state index < -0.39 is 10.0 Å². The van der Waals surface area contributed by atoms with E-state index in [1.54, 1.807) is 11.7 Å². The average molecular weight is 406 g/mol. The first kappa shape index (κ1) is 14.9. The van der Waals surface area contributed by atoms with Crippen molar-refractivity contribution < 1.29 is 0 Å². The molecule has 0 saturated heterocycles. The van der Waals surface area contributed by atoms with E-state index in [-0.39, 0.29) is 0 Å². The van der Waals surface area contributed by atoms with Gasteiger partial charge in [0, 0.05) is 11.6 Å². The van der Waals surface area contributed by atoms with Gasteiger partial charge in [-0.3, -0.25) is 0 Å². The summed E-state index contributed by atoms with van der Waals surface area (Å²) >= 11 is 3.69. The van der Waals surface area contributed by atoms with Crippen LogP contribution in [0.5, 0.6) is 0 Å². The number of H-pyrrole nitrogens is 1. The molecule has 0 bridgehead atoms. The molecule has 0 saturated carbocycles. The summed E-state index contributed by atoms with van der Waals surface area (Å²) < 4.78 is 17.0. The molecule has 0 amide bonds. The fourth-order valence-electron chi connectivity index (χ4n) is 2.53. The van der Waals surface area contributed by atoms with E-state index >= 15 is 0 Å². The molecular weight excluding hydrogens is 398 g/mol. The second-order valence-corrected chi connectivity index (χ2v) is 9.37. The fraction of sp³-hybridized carbons (Fsp3) is 0. The maximum absolute atomic E-state index is 4.47. The minimum atomic E-state index is -2.09. The van der Waals surface area contributed by atoms with E-state index in [0.717, 1.165) is 21.8 Å². The van der Waals surface area contributed by atoms with Crippen molar-refractivity contribution in [2.24, 2.45) is 10.2 Å². The highest BCUT2D eigenvalue weighted by atomic mass is 32.3. The molecule has 0 aliphatic carbocycles. The van der Waals surface area contributed by atoms with E-state index in [9.17, 15) is 0 Å². The van der Waals surface area contributed by atoms with Gasteiger partial charge in [0.05, 0.1) is 23.0 Å². The SMILES string of the molecule is c1c[nH]c(S2(c3csnn3)C(c3cnsn3)=NN=C2c2ncsn2)c1. The molecule has 1 N–H and O–H groups in total. The standard InChI is InChI=1S/C12H7N9S4/c1-2-8(13-3-1)25(9-5-22-21-16-9)11(7-4-15-24-19-7)17-18-12(25)10-14-6-23-20-10/h1-6,13H. The largest absolute Gasteiger partial charge is 0.357 e. The molecule has 1 aliphatic rings. The van der Waals surface area contributed by atoms with Crippen molar-refractivity contribution >= 4 is 54.9 Å². The van der Waals surface area contributed by atoms with Crippen molar-refractivity contribution in [1.82, 2.24) is 32.7 Å². The highest BCUT2D eigenvalue weighted by Gasteiger charge is 2.49. The van der Waals surface area contributed by atoms with Crippen LogP contribution < -0.4 is 0 Å². The van der Waals surface area contributed by atoms with Crippen LogP contribution >= 0.6 is 44.8 Å². The average Bonchev–Trinajstić information content (AvgIpc) is 3.48. The Morgan fingerprint density at radius 3 is 2.72 bits per heavy atom. The Morgan fingerprint density at radius 2 is 2.04 bits per heavy atom. The van der Waals surface area contributed by atoms with Crippen LogP contribution in [0.2, 0.25) is 0 Å². The van der Waals surface area contributed by atoms with E-state index in [2.05, 4.69) is 42.9 Å². The Kier molecular flexibility index (Phi) is 3.51. The van der Waals surface area contributed by atoms with E-state index in [1.165, 1.54) is 23.1 Å². The van der Waals surface area contributed by atoms with Crippen LogP contribution in [0, 0.1) is 0 Å².